The van der Waals surface area contributed by atoms with Crippen molar-refractivity contribution in [3.63, 3.8) is 0 Å². The van der Waals surface area contributed by atoms with Gasteiger partial charge in [0.05, 0.1) is 27.9 Å². The van der Waals surface area contributed by atoms with Crippen molar-refractivity contribution in [2.45, 2.75) is 41.2 Å². The third-order valence-corrected chi connectivity index (χ3v) is 8.81. The molecule has 3 fully saturated rings. The lowest BCUT2D eigenvalue weighted by Crippen LogP contribution is -2.54. The highest BCUT2D eigenvalue weighted by molar-refractivity contribution is 7.92. The number of anilines is 1. The van der Waals surface area contributed by atoms with Crippen molar-refractivity contribution in [3.05, 3.63) is 58.4 Å². The Bertz CT molecular complexity index is 1190. The second-order valence-corrected chi connectivity index (χ2v) is 10.7. The molecule has 1 saturated carbocycles. The third kappa shape index (κ3) is 4.35. The molecule has 2 bridgehead atoms. The van der Waals surface area contributed by atoms with Gasteiger partial charge in [0.25, 0.3) is 5.91 Å². The van der Waals surface area contributed by atoms with Crippen molar-refractivity contribution in [1.29, 1.82) is 0 Å². The van der Waals surface area contributed by atoms with Crippen LogP contribution in [0.25, 0.3) is 0 Å². The molecular formula is C21H20ClF3N2O5S. The molecule has 7 nitrogen and oxygen atoms in total. The molecule has 33 heavy (non-hydrogen) atoms. The van der Waals surface area contributed by atoms with E-state index >= 15 is 0 Å². The number of carbonyl (C=O) groups is 1. The van der Waals surface area contributed by atoms with E-state index in [0.29, 0.717) is 25.0 Å². The van der Waals surface area contributed by atoms with Crippen LogP contribution in [-0.2, 0) is 9.84 Å². The normalized spacial score (nSPS) is 23.3. The highest BCUT2D eigenvalue weighted by Crippen LogP contribution is 2.46. The molecular weight excluding hydrogens is 485 g/mol. The molecule has 4 atom stereocenters. The number of aliphatic hydroxyl groups is 2. The molecule has 2 aromatic carbocycles. The number of aliphatic hydroxyl groups excluding tert-OH is 2. The second kappa shape index (κ2) is 8.88. The van der Waals surface area contributed by atoms with Crippen LogP contribution < -0.4 is 5.32 Å². The van der Waals surface area contributed by atoms with Gasteiger partial charge in [-0.15, -0.1) is 0 Å². The molecule has 0 radical (unpaired) electrons. The number of rotatable bonds is 7. The van der Waals surface area contributed by atoms with Gasteiger partial charge in [-0.2, -0.15) is 0 Å². The Kier molecular flexibility index (Phi) is 6.45. The van der Waals surface area contributed by atoms with Crippen LogP contribution in [0.5, 0.6) is 0 Å². The first-order valence-electron chi connectivity index (χ1n) is 10.1. The molecule has 1 amide bonds. The number of hydrogen-bond donors (Lipinski definition) is 3. The van der Waals surface area contributed by atoms with Crippen molar-refractivity contribution in [2.24, 2.45) is 0 Å². The standard InChI is InChI=1S/C21H20ClF3N2O5S/c22-14-2-1-10(21(30)26-11-4-15(23)20(25)16(24)5-11)3-18(14)33(31,32)19-7-12-6-17(19)27(12)8-13(29)9-28/h1-5,12-13,17,19,28-29H,6-9H2,(H,26,30)/t12?,13-,17?,19?/m0/s1. The lowest BCUT2D eigenvalue weighted by Gasteiger charge is -2.42. The minimum atomic E-state index is -3.97. The number of sulfone groups is 1. The Balaban J connectivity index is 1.57. The van der Waals surface area contributed by atoms with Crippen molar-refractivity contribution in [1.82, 2.24) is 4.90 Å². The molecule has 2 aliphatic heterocycles. The molecule has 3 unspecified atom stereocenters. The van der Waals surface area contributed by atoms with Crippen LogP contribution >= 0.6 is 11.6 Å². The van der Waals surface area contributed by atoms with Crippen LogP contribution in [0.2, 0.25) is 5.02 Å². The van der Waals surface area contributed by atoms with Gasteiger partial charge in [0, 0.05) is 42.0 Å². The summed E-state index contributed by atoms with van der Waals surface area (Å²) in [5, 5.41) is 20.1. The zero-order valence-corrected chi connectivity index (χ0v) is 18.6. The van der Waals surface area contributed by atoms with E-state index in [9.17, 15) is 31.5 Å². The molecule has 0 spiro atoms. The fraction of sp³-hybridized carbons (Fsp3) is 0.381. The van der Waals surface area contributed by atoms with Gasteiger partial charge >= 0.3 is 0 Å². The Hall–Kier alpha value is -2.18. The van der Waals surface area contributed by atoms with Crippen LogP contribution in [0.1, 0.15) is 23.2 Å². The molecule has 12 heteroatoms. The van der Waals surface area contributed by atoms with Gasteiger partial charge in [0.2, 0.25) is 0 Å². The second-order valence-electron chi connectivity index (χ2n) is 8.16. The Morgan fingerprint density at radius 3 is 2.48 bits per heavy atom. The number of amides is 1. The van der Waals surface area contributed by atoms with E-state index in [1.54, 1.807) is 0 Å². The Labute approximate surface area is 192 Å². The van der Waals surface area contributed by atoms with Crippen LogP contribution in [0.4, 0.5) is 18.9 Å². The maximum Gasteiger partial charge on any atom is 0.255 e. The third-order valence-electron chi connectivity index (χ3n) is 6.11. The summed E-state index contributed by atoms with van der Waals surface area (Å²) in [7, 11) is -3.97. The van der Waals surface area contributed by atoms with E-state index in [0.717, 1.165) is 6.07 Å². The predicted octanol–water partition coefficient (Wildman–Crippen LogP) is 2.35. The van der Waals surface area contributed by atoms with Crippen LogP contribution in [-0.4, -0.2) is 66.0 Å². The predicted molar refractivity (Wildman–Crippen MR) is 113 cm³/mol. The Morgan fingerprint density at radius 2 is 1.85 bits per heavy atom. The van der Waals surface area contributed by atoms with E-state index in [-0.39, 0.29) is 39.8 Å². The van der Waals surface area contributed by atoms with Gasteiger partial charge in [0.15, 0.2) is 27.3 Å². The molecule has 5 rings (SSSR count). The highest BCUT2D eigenvalue weighted by Gasteiger charge is 2.56. The molecule has 1 aliphatic carbocycles. The number of hydrogen-bond acceptors (Lipinski definition) is 6. The average molecular weight is 505 g/mol. The zero-order valence-electron chi connectivity index (χ0n) is 17.0. The maximum atomic E-state index is 13.4. The lowest BCUT2D eigenvalue weighted by molar-refractivity contribution is 0.00121. The van der Waals surface area contributed by atoms with E-state index in [4.69, 9.17) is 16.7 Å². The first-order chi connectivity index (χ1) is 15.5. The number of nitrogens with one attached hydrogen (secondary N) is 1. The minimum absolute atomic E-state index is 0.0375. The van der Waals surface area contributed by atoms with E-state index in [2.05, 4.69) is 5.32 Å². The number of carbonyl (C=O) groups excluding carboxylic acids is 1. The number of fused-ring (bicyclic) bond motifs is 1. The topological polar surface area (TPSA) is 107 Å². The summed E-state index contributed by atoms with van der Waals surface area (Å²) in [6, 6.07) is 4.40. The van der Waals surface area contributed by atoms with Crippen LogP contribution in [0, 0.1) is 17.5 Å². The summed E-state index contributed by atoms with van der Waals surface area (Å²) in [6.45, 7) is -0.281. The molecule has 2 saturated heterocycles. The van der Waals surface area contributed by atoms with Crippen molar-refractivity contribution in [2.75, 3.05) is 18.5 Å². The van der Waals surface area contributed by atoms with Gasteiger partial charge in [0.1, 0.15) is 0 Å². The maximum absolute atomic E-state index is 13.4. The van der Waals surface area contributed by atoms with Gasteiger partial charge < -0.3 is 15.5 Å². The van der Waals surface area contributed by atoms with E-state index in [1.807, 2.05) is 4.90 Å². The van der Waals surface area contributed by atoms with E-state index < -0.39 is 51.2 Å². The summed E-state index contributed by atoms with van der Waals surface area (Å²) in [4.78, 5) is 14.1. The largest absolute Gasteiger partial charge is 0.394 e. The molecule has 2 aromatic rings. The number of benzene rings is 2. The molecule has 0 aromatic heterocycles. The summed E-state index contributed by atoms with van der Waals surface area (Å²) >= 11 is 6.15. The minimum Gasteiger partial charge on any atom is -0.394 e. The first-order valence-corrected chi connectivity index (χ1v) is 12.0. The van der Waals surface area contributed by atoms with Crippen LogP contribution in [0.3, 0.4) is 0 Å². The van der Waals surface area contributed by atoms with Crippen molar-refractivity contribution in [3.8, 4) is 0 Å². The van der Waals surface area contributed by atoms with Gasteiger partial charge in [-0.3, -0.25) is 9.69 Å². The molecule has 178 valence electrons. The average Bonchev–Trinajstić information content (AvgIpc) is 3.36. The molecule has 3 N–H and O–H groups in total. The summed E-state index contributed by atoms with van der Waals surface area (Å²) < 4.78 is 66.7. The molecule has 3 aliphatic rings. The van der Waals surface area contributed by atoms with Gasteiger partial charge in [-0.25, -0.2) is 21.6 Å². The van der Waals surface area contributed by atoms with Gasteiger partial charge in [-0.1, -0.05) is 11.6 Å². The highest BCUT2D eigenvalue weighted by atomic mass is 35.5. The fourth-order valence-electron chi connectivity index (χ4n) is 4.48. The smallest absolute Gasteiger partial charge is 0.255 e. The summed E-state index contributed by atoms with van der Waals surface area (Å²) in [6.07, 6.45) is -0.0263. The lowest BCUT2D eigenvalue weighted by atomic mass is 10.0. The number of halogens is 4. The zero-order chi connectivity index (χ0) is 24.1. The molecule has 2 heterocycles. The number of nitrogens with zero attached hydrogens (tertiary/aromatic N) is 1. The monoisotopic (exact) mass is 504 g/mol. The van der Waals surface area contributed by atoms with Crippen molar-refractivity contribution >= 4 is 33.0 Å². The van der Waals surface area contributed by atoms with E-state index in [1.165, 1.54) is 12.1 Å². The Morgan fingerprint density at radius 1 is 1.18 bits per heavy atom. The SMILES string of the molecule is O=C(Nc1cc(F)c(F)c(F)c1)c1ccc(Cl)c(S(=O)(=O)C2CC3CC2N3C[C@H](O)CO)c1. The van der Waals surface area contributed by atoms with Crippen LogP contribution in [0.15, 0.2) is 35.2 Å². The quantitative estimate of drug-likeness (QED) is 0.500. The van der Waals surface area contributed by atoms with Gasteiger partial charge in [-0.05, 0) is 31.0 Å². The fourth-order valence-corrected chi connectivity index (χ4v) is 7.03. The summed E-state index contributed by atoms with van der Waals surface area (Å²) in [5.74, 6) is -5.51. The first kappa shape index (κ1) is 24.0. The summed E-state index contributed by atoms with van der Waals surface area (Å²) in [5.41, 5.74) is -0.466. The van der Waals surface area contributed by atoms with Crippen molar-refractivity contribution < 1.29 is 36.6 Å².